The Hall–Kier alpha value is -2.96. The summed E-state index contributed by atoms with van der Waals surface area (Å²) in [7, 11) is 0. The maximum Gasteiger partial charge on any atom is 0.421 e. The highest BCUT2D eigenvalue weighted by Gasteiger charge is 2.35. The minimum Gasteiger partial charge on any atom is -0.369 e. The molecule has 4 heterocycles. The van der Waals surface area contributed by atoms with Gasteiger partial charge in [0.1, 0.15) is 18.1 Å². The van der Waals surface area contributed by atoms with Crippen LogP contribution >= 0.6 is 0 Å². The van der Waals surface area contributed by atoms with Gasteiger partial charge < -0.3 is 20.4 Å². The van der Waals surface area contributed by atoms with Crippen molar-refractivity contribution in [1.29, 1.82) is 0 Å². The fourth-order valence-electron chi connectivity index (χ4n) is 4.80. The third kappa shape index (κ3) is 7.08. The first-order chi connectivity index (χ1) is 17.7. The van der Waals surface area contributed by atoms with Crippen molar-refractivity contribution in [1.82, 2.24) is 29.5 Å². The lowest BCUT2D eigenvalue weighted by Crippen LogP contribution is -2.36. The summed E-state index contributed by atoms with van der Waals surface area (Å²) in [4.78, 5) is 23.8. The van der Waals surface area contributed by atoms with Crippen molar-refractivity contribution in [2.45, 2.75) is 57.7 Å². The van der Waals surface area contributed by atoms with Crippen LogP contribution in [0.2, 0.25) is 0 Å². The van der Waals surface area contributed by atoms with Gasteiger partial charge in [-0.25, -0.2) is 9.37 Å². The van der Waals surface area contributed by atoms with Gasteiger partial charge >= 0.3 is 6.18 Å². The molecule has 0 aromatic carbocycles. The Morgan fingerprint density at radius 1 is 1.14 bits per heavy atom. The molecule has 2 aromatic rings. The fourth-order valence-corrected chi connectivity index (χ4v) is 4.80. The summed E-state index contributed by atoms with van der Waals surface area (Å²) in [6.07, 6.45) is 2.53. The molecule has 4 rings (SSSR count). The number of amides is 1. The van der Waals surface area contributed by atoms with Gasteiger partial charge in [0.15, 0.2) is 0 Å². The summed E-state index contributed by atoms with van der Waals surface area (Å²) >= 11 is 0. The summed E-state index contributed by atoms with van der Waals surface area (Å²) in [5.41, 5.74) is 0.343. The number of alkyl halides is 4. The third-order valence-corrected chi connectivity index (χ3v) is 6.91. The van der Waals surface area contributed by atoms with Crippen LogP contribution in [0.15, 0.2) is 12.4 Å². The van der Waals surface area contributed by atoms with Crippen LogP contribution in [0, 0.1) is 6.92 Å². The Labute approximate surface area is 213 Å². The number of hydrogen-bond acceptors (Lipinski definition) is 7. The Balaban J connectivity index is 1.40. The maximum absolute atomic E-state index is 13.6. The van der Waals surface area contributed by atoms with Crippen molar-refractivity contribution in [3.63, 3.8) is 0 Å². The molecule has 0 saturated carbocycles. The minimum atomic E-state index is -4.61. The van der Waals surface area contributed by atoms with Gasteiger partial charge in [-0.2, -0.15) is 23.3 Å². The summed E-state index contributed by atoms with van der Waals surface area (Å²) in [5, 5.41) is 10.4. The van der Waals surface area contributed by atoms with E-state index in [1.165, 1.54) is 0 Å². The first kappa shape index (κ1) is 27.1. The molecule has 2 N–H and O–H groups in total. The summed E-state index contributed by atoms with van der Waals surface area (Å²) in [6.45, 7) is 4.89. The van der Waals surface area contributed by atoms with E-state index in [9.17, 15) is 22.4 Å². The molecule has 37 heavy (non-hydrogen) atoms. The van der Waals surface area contributed by atoms with Gasteiger partial charge in [0, 0.05) is 58.1 Å². The second-order valence-electron chi connectivity index (χ2n) is 9.57. The van der Waals surface area contributed by atoms with Crippen LogP contribution < -0.4 is 10.6 Å². The van der Waals surface area contributed by atoms with Gasteiger partial charge in [0.2, 0.25) is 11.9 Å². The van der Waals surface area contributed by atoms with Crippen molar-refractivity contribution < 1.29 is 22.4 Å². The molecular weight excluding hydrogens is 492 g/mol. The first-order valence-electron chi connectivity index (χ1n) is 12.8. The van der Waals surface area contributed by atoms with Crippen molar-refractivity contribution >= 4 is 23.4 Å². The number of carbonyl (C=O) groups excluding carboxylic acids is 1. The standard InChI is InChI=1S/C24H34F4N8O/c1-17-20(16-36(33-17)18-6-12-34(13-7-18)14-8-25)31-23-30-15-19(24(26,27)28)22(32-23)29-9-4-11-35-10-3-2-5-21(35)37/h15-16,18H,2-14H2,1H3,(H2,29,30,31,32). The molecule has 0 aliphatic carbocycles. The van der Waals surface area contributed by atoms with E-state index in [2.05, 4.69) is 30.6 Å². The Kier molecular flexibility index (Phi) is 8.83. The number of halogens is 4. The summed E-state index contributed by atoms with van der Waals surface area (Å²) in [5.74, 6) is -0.181. The Bertz CT molecular complexity index is 1050. The minimum absolute atomic E-state index is 0.0297. The number of hydrogen-bond donors (Lipinski definition) is 2. The quantitative estimate of drug-likeness (QED) is 0.355. The number of carbonyl (C=O) groups is 1. The number of nitrogens with zero attached hydrogens (tertiary/aromatic N) is 6. The van der Waals surface area contributed by atoms with Crippen LogP contribution in [0.1, 0.15) is 55.8 Å². The highest BCUT2D eigenvalue weighted by molar-refractivity contribution is 5.76. The molecule has 0 bridgehead atoms. The molecule has 2 fully saturated rings. The Morgan fingerprint density at radius 2 is 1.92 bits per heavy atom. The van der Waals surface area contributed by atoms with E-state index in [4.69, 9.17) is 0 Å². The van der Waals surface area contributed by atoms with Crippen molar-refractivity contribution in [2.24, 2.45) is 0 Å². The molecule has 2 aliphatic heterocycles. The predicted molar refractivity (Wildman–Crippen MR) is 132 cm³/mol. The zero-order chi connectivity index (χ0) is 26.4. The lowest BCUT2D eigenvalue weighted by Gasteiger charge is -2.31. The van der Waals surface area contributed by atoms with Crippen molar-refractivity contribution in [3.05, 3.63) is 23.7 Å². The van der Waals surface area contributed by atoms with Crippen LogP contribution in [0.4, 0.5) is 35.0 Å². The van der Waals surface area contributed by atoms with Crippen LogP contribution in [-0.4, -0.2) is 81.4 Å². The molecule has 1 amide bonds. The number of nitrogens with one attached hydrogen (secondary N) is 2. The van der Waals surface area contributed by atoms with Gasteiger partial charge in [-0.05, 0) is 39.0 Å². The zero-order valence-electron chi connectivity index (χ0n) is 21.0. The molecule has 0 unspecified atom stereocenters. The molecule has 2 aliphatic rings. The molecule has 2 aromatic heterocycles. The number of likely N-dealkylation sites (tertiary alicyclic amines) is 2. The van der Waals surface area contributed by atoms with Crippen LogP contribution in [0.25, 0.3) is 0 Å². The zero-order valence-corrected chi connectivity index (χ0v) is 21.0. The number of piperidine rings is 2. The molecular formula is C24H34F4N8O. The summed E-state index contributed by atoms with van der Waals surface area (Å²) < 4.78 is 55.2. The largest absolute Gasteiger partial charge is 0.421 e. The van der Waals surface area contributed by atoms with E-state index in [0.717, 1.165) is 45.0 Å². The van der Waals surface area contributed by atoms with E-state index in [-0.39, 0.29) is 36.9 Å². The number of aryl methyl sites for hydroxylation is 1. The normalized spacial score (nSPS) is 17.9. The monoisotopic (exact) mass is 526 g/mol. The second-order valence-corrected chi connectivity index (χ2v) is 9.57. The average Bonchev–Trinajstić information content (AvgIpc) is 3.23. The highest BCUT2D eigenvalue weighted by atomic mass is 19.4. The summed E-state index contributed by atoms with van der Waals surface area (Å²) in [6, 6.07) is 0.169. The van der Waals surface area contributed by atoms with E-state index in [0.29, 0.717) is 43.9 Å². The molecule has 9 nitrogen and oxygen atoms in total. The highest BCUT2D eigenvalue weighted by Crippen LogP contribution is 2.34. The average molecular weight is 527 g/mol. The van der Waals surface area contributed by atoms with Crippen molar-refractivity contribution in [3.8, 4) is 0 Å². The molecule has 2 saturated heterocycles. The van der Waals surface area contributed by atoms with Crippen molar-refractivity contribution in [2.75, 3.05) is 56.6 Å². The van der Waals surface area contributed by atoms with Gasteiger partial charge in [-0.15, -0.1) is 0 Å². The second kappa shape index (κ2) is 12.1. The Morgan fingerprint density at radius 3 is 2.62 bits per heavy atom. The predicted octanol–water partition coefficient (Wildman–Crippen LogP) is 4.16. The molecule has 204 valence electrons. The lowest BCUT2D eigenvalue weighted by atomic mass is 10.1. The first-order valence-corrected chi connectivity index (χ1v) is 12.8. The smallest absolute Gasteiger partial charge is 0.369 e. The van der Waals surface area contributed by atoms with E-state index in [1.54, 1.807) is 4.90 Å². The number of rotatable bonds is 10. The van der Waals surface area contributed by atoms with E-state index >= 15 is 0 Å². The lowest BCUT2D eigenvalue weighted by molar-refractivity contribution is -0.137. The van der Waals surface area contributed by atoms with Crippen LogP contribution in [0.3, 0.4) is 0 Å². The van der Waals surface area contributed by atoms with Crippen LogP contribution in [0.5, 0.6) is 0 Å². The topological polar surface area (TPSA) is 91.2 Å². The SMILES string of the molecule is Cc1nn(C2CCN(CCF)CC2)cc1Nc1ncc(C(F)(F)F)c(NCCCN2CCCCC2=O)n1. The maximum atomic E-state index is 13.6. The molecule has 0 spiro atoms. The fraction of sp³-hybridized carbons (Fsp3) is 0.667. The van der Waals surface area contributed by atoms with Gasteiger partial charge in [-0.3, -0.25) is 9.48 Å². The van der Waals surface area contributed by atoms with E-state index < -0.39 is 11.7 Å². The van der Waals surface area contributed by atoms with Crippen LogP contribution in [-0.2, 0) is 11.0 Å². The molecule has 13 heteroatoms. The molecule has 0 atom stereocenters. The van der Waals surface area contributed by atoms with E-state index in [1.807, 2.05) is 17.8 Å². The third-order valence-electron chi connectivity index (χ3n) is 6.91. The number of aromatic nitrogens is 4. The molecule has 0 radical (unpaired) electrons. The number of anilines is 3. The van der Waals surface area contributed by atoms with Gasteiger partial charge in [0.05, 0.1) is 17.4 Å². The van der Waals surface area contributed by atoms with Gasteiger partial charge in [-0.1, -0.05) is 0 Å². The van der Waals surface area contributed by atoms with Gasteiger partial charge in [0.25, 0.3) is 0 Å².